The van der Waals surface area contributed by atoms with Crippen molar-refractivity contribution in [1.29, 1.82) is 0 Å². The van der Waals surface area contributed by atoms with E-state index in [1.54, 1.807) is 37.6 Å². The van der Waals surface area contributed by atoms with Crippen LogP contribution in [-0.2, 0) is 4.74 Å². The van der Waals surface area contributed by atoms with Gasteiger partial charge in [-0.05, 0) is 38.1 Å². The maximum Gasteiger partial charge on any atom is 0.343 e. The average molecular weight is 417 g/mol. The summed E-state index contributed by atoms with van der Waals surface area (Å²) in [6.45, 7) is 3.81. The molecule has 0 aliphatic carbocycles. The van der Waals surface area contributed by atoms with E-state index in [0.717, 1.165) is 27.5 Å². The van der Waals surface area contributed by atoms with Crippen molar-refractivity contribution >= 4 is 28.8 Å². The summed E-state index contributed by atoms with van der Waals surface area (Å²) in [6, 6.07) is 11.7. The predicted molar refractivity (Wildman–Crippen MR) is 117 cm³/mol. The molecule has 3 heterocycles. The molecule has 0 radical (unpaired) electrons. The molecule has 0 spiro atoms. The standard InChI is InChI=1S/C22H19N5O2S/c1-3-29-22(28)18-12-24-14(2)25-20(18)26-17-8-4-6-15(10-17)19-13-30-21(27-19)16-7-5-9-23-11-16/h4-13H,3H2,1-2H3,(H,24,25,26). The van der Waals surface area contributed by atoms with Gasteiger partial charge in [-0.1, -0.05) is 12.1 Å². The van der Waals surface area contributed by atoms with Crippen LogP contribution in [0.5, 0.6) is 0 Å². The topological polar surface area (TPSA) is 89.9 Å². The molecular weight excluding hydrogens is 398 g/mol. The van der Waals surface area contributed by atoms with E-state index in [1.165, 1.54) is 6.20 Å². The number of ether oxygens (including phenoxy) is 1. The van der Waals surface area contributed by atoms with Gasteiger partial charge in [0.1, 0.15) is 22.2 Å². The lowest BCUT2D eigenvalue weighted by Gasteiger charge is -2.11. The molecule has 0 saturated heterocycles. The van der Waals surface area contributed by atoms with Crippen LogP contribution in [0.25, 0.3) is 21.8 Å². The molecule has 4 rings (SSSR count). The van der Waals surface area contributed by atoms with E-state index in [1.807, 2.05) is 41.8 Å². The lowest BCUT2D eigenvalue weighted by molar-refractivity contribution is 0.0526. The van der Waals surface area contributed by atoms with Gasteiger partial charge in [0.15, 0.2) is 0 Å². The van der Waals surface area contributed by atoms with Crippen molar-refractivity contribution in [2.24, 2.45) is 0 Å². The maximum absolute atomic E-state index is 12.2. The largest absolute Gasteiger partial charge is 0.462 e. The number of hydrogen-bond donors (Lipinski definition) is 1. The minimum Gasteiger partial charge on any atom is -0.462 e. The molecule has 3 aromatic heterocycles. The zero-order chi connectivity index (χ0) is 20.9. The van der Waals surface area contributed by atoms with Crippen LogP contribution >= 0.6 is 11.3 Å². The number of nitrogens with one attached hydrogen (secondary N) is 1. The molecule has 0 bridgehead atoms. The Balaban J connectivity index is 1.62. The lowest BCUT2D eigenvalue weighted by Crippen LogP contribution is -2.11. The Labute approximate surface area is 177 Å². The molecule has 0 unspecified atom stereocenters. The Kier molecular flexibility index (Phi) is 5.76. The number of nitrogens with zero attached hydrogens (tertiary/aromatic N) is 4. The van der Waals surface area contributed by atoms with Crippen molar-refractivity contribution in [3.63, 3.8) is 0 Å². The van der Waals surface area contributed by atoms with Crippen molar-refractivity contribution in [2.75, 3.05) is 11.9 Å². The third-order valence-corrected chi connectivity index (χ3v) is 5.13. The second kappa shape index (κ2) is 8.79. The number of esters is 1. The quantitative estimate of drug-likeness (QED) is 0.447. The first kappa shape index (κ1) is 19.7. The SMILES string of the molecule is CCOC(=O)c1cnc(C)nc1Nc1cccc(-c2csc(-c3cccnc3)n2)c1. The summed E-state index contributed by atoms with van der Waals surface area (Å²) in [5.74, 6) is 0.506. The average Bonchev–Trinajstić information content (AvgIpc) is 3.25. The van der Waals surface area contributed by atoms with E-state index >= 15 is 0 Å². The molecule has 1 aromatic carbocycles. The van der Waals surface area contributed by atoms with Crippen LogP contribution < -0.4 is 5.32 Å². The number of aromatic nitrogens is 4. The lowest BCUT2D eigenvalue weighted by atomic mass is 10.1. The maximum atomic E-state index is 12.2. The zero-order valence-electron chi connectivity index (χ0n) is 16.5. The fourth-order valence-electron chi connectivity index (χ4n) is 2.84. The number of anilines is 2. The Bertz CT molecular complexity index is 1180. The highest BCUT2D eigenvalue weighted by molar-refractivity contribution is 7.13. The molecule has 0 atom stereocenters. The van der Waals surface area contributed by atoms with Gasteiger partial charge >= 0.3 is 5.97 Å². The summed E-state index contributed by atoms with van der Waals surface area (Å²) in [7, 11) is 0. The Morgan fingerprint density at radius 3 is 2.80 bits per heavy atom. The summed E-state index contributed by atoms with van der Waals surface area (Å²) in [5, 5.41) is 6.14. The number of rotatable bonds is 6. The zero-order valence-corrected chi connectivity index (χ0v) is 17.3. The van der Waals surface area contributed by atoms with E-state index in [0.29, 0.717) is 17.2 Å². The highest BCUT2D eigenvalue weighted by atomic mass is 32.1. The van der Waals surface area contributed by atoms with Gasteiger partial charge in [0.05, 0.1) is 12.3 Å². The molecule has 0 amide bonds. The minimum absolute atomic E-state index is 0.282. The number of aryl methyl sites for hydroxylation is 1. The van der Waals surface area contributed by atoms with Gasteiger partial charge in [0, 0.05) is 40.8 Å². The summed E-state index contributed by atoms with van der Waals surface area (Å²) in [5.41, 5.74) is 3.88. The van der Waals surface area contributed by atoms with E-state index in [4.69, 9.17) is 9.72 Å². The Morgan fingerprint density at radius 1 is 1.13 bits per heavy atom. The molecule has 0 aliphatic heterocycles. The van der Waals surface area contributed by atoms with E-state index in [2.05, 4.69) is 20.3 Å². The van der Waals surface area contributed by atoms with Crippen LogP contribution in [0.3, 0.4) is 0 Å². The van der Waals surface area contributed by atoms with Crippen LogP contribution in [0.15, 0.2) is 60.4 Å². The smallest absolute Gasteiger partial charge is 0.343 e. The highest BCUT2D eigenvalue weighted by Gasteiger charge is 2.16. The predicted octanol–water partition coefficient (Wildman–Crippen LogP) is 4.89. The molecule has 0 saturated carbocycles. The number of benzene rings is 1. The van der Waals surface area contributed by atoms with Crippen molar-refractivity contribution in [3.8, 4) is 21.8 Å². The highest BCUT2D eigenvalue weighted by Crippen LogP contribution is 2.30. The van der Waals surface area contributed by atoms with Gasteiger partial charge in [-0.25, -0.2) is 19.7 Å². The van der Waals surface area contributed by atoms with Gasteiger partial charge in [-0.2, -0.15) is 0 Å². The van der Waals surface area contributed by atoms with Crippen LogP contribution in [0.2, 0.25) is 0 Å². The van der Waals surface area contributed by atoms with Crippen molar-refractivity contribution in [3.05, 3.63) is 71.8 Å². The number of carbonyl (C=O) groups is 1. The van der Waals surface area contributed by atoms with Crippen LogP contribution in [0, 0.1) is 6.92 Å². The van der Waals surface area contributed by atoms with Crippen molar-refractivity contribution in [1.82, 2.24) is 19.9 Å². The van der Waals surface area contributed by atoms with Crippen LogP contribution in [0.1, 0.15) is 23.1 Å². The molecule has 1 N–H and O–H groups in total. The van der Waals surface area contributed by atoms with Gasteiger partial charge < -0.3 is 10.1 Å². The van der Waals surface area contributed by atoms with Gasteiger partial charge in [0.25, 0.3) is 0 Å². The minimum atomic E-state index is -0.461. The first-order chi connectivity index (χ1) is 14.6. The van der Waals surface area contributed by atoms with Crippen molar-refractivity contribution in [2.45, 2.75) is 13.8 Å². The number of thiazole rings is 1. The summed E-state index contributed by atoms with van der Waals surface area (Å²) in [6.07, 6.45) is 5.02. The van der Waals surface area contributed by atoms with Crippen LogP contribution in [-0.4, -0.2) is 32.5 Å². The number of hydrogen-bond acceptors (Lipinski definition) is 8. The Hall–Kier alpha value is -3.65. The summed E-state index contributed by atoms with van der Waals surface area (Å²) < 4.78 is 5.11. The summed E-state index contributed by atoms with van der Waals surface area (Å²) >= 11 is 1.57. The fraction of sp³-hybridized carbons (Fsp3) is 0.136. The van der Waals surface area contributed by atoms with Gasteiger partial charge in [-0.3, -0.25) is 4.98 Å². The van der Waals surface area contributed by atoms with E-state index < -0.39 is 5.97 Å². The fourth-order valence-corrected chi connectivity index (χ4v) is 3.66. The van der Waals surface area contributed by atoms with Crippen molar-refractivity contribution < 1.29 is 9.53 Å². The van der Waals surface area contributed by atoms with E-state index in [-0.39, 0.29) is 6.61 Å². The normalized spacial score (nSPS) is 10.6. The van der Waals surface area contributed by atoms with Crippen LogP contribution in [0.4, 0.5) is 11.5 Å². The number of pyridine rings is 1. The first-order valence-electron chi connectivity index (χ1n) is 9.38. The monoisotopic (exact) mass is 417 g/mol. The second-order valence-corrected chi connectivity index (χ2v) is 7.24. The molecule has 30 heavy (non-hydrogen) atoms. The van der Waals surface area contributed by atoms with Gasteiger partial charge in [-0.15, -0.1) is 11.3 Å². The van der Waals surface area contributed by atoms with E-state index in [9.17, 15) is 4.79 Å². The molecule has 0 fully saturated rings. The molecule has 4 aromatic rings. The second-order valence-electron chi connectivity index (χ2n) is 6.39. The summed E-state index contributed by atoms with van der Waals surface area (Å²) in [4.78, 5) is 29.6. The third-order valence-electron chi connectivity index (χ3n) is 4.24. The molecule has 0 aliphatic rings. The number of carbonyl (C=O) groups excluding carboxylic acids is 1. The molecule has 8 heteroatoms. The Morgan fingerprint density at radius 2 is 2.00 bits per heavy atom. The molecule has 7 nitrogen and oxygen atoms in total. The third kappa shape index (κ3) is 4.33. The first-order valence-corrected chi connectivity index (χ1v) is 10.3. The van der Waals surface area contributed by atoms with Gasteiger partial charge in [0.2, 0.25) is 0 Å². The molecular formula is C22H19N5O2S. The molecule has 150 valence electrons.